The number of nitrogens with zero attached hydrogens (tertiary/aromatic N) is 2. The summed E-state index contributed by atoms with van der Waals surface area (Å²) in [6, 6.07) is 11.5. The van der Waals surface area contributed by atoms with Crippen LogP contribution in [0.2, 0.25) is 0 Å². The molecule has 0 fully saturated rings. The number of benzene rings is 1. The van der Waals surface area contributed by atoms with Crippen molar-refractivity contribution in [1.82, 2.24) is 20.0 Å². The van der Waals surface area contributed by atoms with E-state index < -0.39 is 5.54 Å². The first kappa shape index (κ1) is 19.5. The van der Waals surface area contributed by atoms with Crippen molar-refractivity contribution in [3.63, 3.8) is 0 Å². The first-order valence-electron chi connectivity index (χ1n) is 9.07. The fourth-order valence-electron chi connectivity index (χ4n) is 2.82. The molecule has 0 aliphatic heterocycles. The van der Waals surface area contributed by atoms with Gasteiger partial charge >= 0.3 is 0 Å². The molecule has 28 heavy (non-hydrogen) atoms. The second-order valence-corrected chi connectivity index (χ2v) is 7.58. The van der Waals surface area contributed by atoms with Crippen LogP contribution in [-0.4, -0.2) is 33.3 Å². The molecule has 7 heteroatoms. The Morgan fingerprint density at radius 2 is 1.79 bits per heavy atom. The van der Waals surface area contributed by atoms with Gasteiger partial charge in [-0.15, -0.1) is 0 Å². The maximum Gasteiger partial charge on any atom is 0.288 e. The molecular weight excluding hydrogens is 359 g/mol. The van der Waals surface area contributed by atoms with Gasteiger partial charge in [-0.05, 0) is 57.0 Å². The summed E-state index contributed by atoms with van der Waals surface area (Å²) in [7, 11) is 0. The number of halogens is 1. The van der Waals surface area contributed by atoms with E-state index in [4.69, 9.17) is 0 Å². The van der Waals surface area contributed by atoms with Crippen LogP contribution in [0.15, 0.2) is 48.7 Å². The molecule has 0 saturated carbocycles. The zero-order chi connectivity index (χ0) is 20.3. The number of carbonyl (C=O) groups excluding carboxylic acids is 2. The molecule has 0 aliphatic rings. The lowest BCUT2D eigenvalue weighted by Gasteiger charge is -2.19. The Morgan fingerprint density at radius 1 is 1.07 bits per heavy atom. The quantitative estimate of drug-likeness (QED) is 0.712. The topological polar surface area (TPSA) is 75.5 Å². The average Bonchev–Trinajstić information content (AvgIpc) is 3.02. The number of hydrogen-bond acceptors (Lipinski definition) is 3. The summed E-state index contributed by atoms with van der Waals surface area (Å²) in [5, 5.41) is 5.68. The van der Waals surface area contributed by atoms with E-state index in [1.54, 1.807) is 40.9 Å². The Balaban J connectivity index is 1.77. The summed E-state index contributed by atoms with van der Waals surface area (Å²) in [6.07, 6.45) is 2.27. The van der Waals surface area contributed by atoms with Crippen LogP contribution in [0.4, 0.5) is 4.39 Å². The monoisotopic (exact) mass is 382 g/mol. The Labute approximate surface area is 162 Å². The minimum Gasteiger partial charge on any atom is -0.350 e. The zero-order valence-electron chi connectivity index (χ0n) is 16.1. The summed E-state index contributed by atoms with van der Waals surface area (Å²) < 4.78 is 14.6. The number of amides is 2. The molecule has 6 nitrogen and oxygen atoms in total. The summed E-state index contributed by atoms with van der Waals surface area (Å²) in [6.45, 7) is 6.01. The molecule has 2 heterocycles. The van der Waals surface area contributed by atoms with Crippen LogP contribution in [0.3, 0.4) is 0 Å². The summed E-state index contributed by atoms with van der Waals surface area (Å²) in [4.78, 5) is 29.5. The third-order valence-corrected chi connectivity index (χ3v) is 4.07. The van der Waals surface area contributed by atoms with Crippen molar-refractivity contribution in [1.29, 1.82) is 0 Å². The Kier molecular flexibility index (Phi) is 5.44. The largest absolute Gasteiger partial charge is 0.350 e. The third-order valence-electron chi connectivity index (χ3n) is 4.07. The molecule has 2 amide bonds. The van der Waals surface area contributed by atoms with Crippen molar-refractivity contribution in [2.75, 3.05) is 6.54 Å². The molecule has 0 saturated heterocycles. The summed E-state index contributed by atoms with van der Waals surface area (Å²) in [5.74, 6) is -0.841. The number of carbonyl (C=O) groups is 2. The highest BCUT2D eigenvalue weighted by atomic mass is 19.1. The van der Waals surface area contributed by atoms with Crippen LogP contribution in [0.1, 0.15) is 47.4 Å². The van der Waals surface area contributed by atoms with Crippen molar-refractivity contribution in [3.05, 3.63) is 71.6 Å². The lowest BCUT2D eigenvalue weighted by Crippen LogP contribution is -2.41. The van der Waals surface area contributed by atoms with Crippen LogP contribution in [0.5, 0.6) is 0 Å². The number of rotatable bonds is 5. The van der Waals surface area contributed by atoms with E-state index >= 15 is 0 Å². The van der Waals surface area contributed by atoms with Gasteiger partial charge in [0.15, 0.2) is 5.69 Å². The van der Waals surface area contributed by atoms with Crippen molar-refractivity contribution in [2.45, 2.75) is 32.7 Å². The molecule has 1 aromatic carbocycles. The predicted octanol–water partition coefficient (Wildman–Crippen LogP) is 2.97. The van der Waals surface area contributed by atoms with Crippen LogP contribution < -0.4 is 10.6 Å². The normalized spacial score (nSPS) is 11.4. The van der Waals surface area contributed by atoms with Gasteiger partial charge < -0.3 is 10.6 Å². The van der Waals surface area contributed by atoms with Crippen molar-refractivity contribution < 1.29 is 14.0 Å². The molecule has 2 aromatic heterocycles. The van der Waals surface area contributed by atoms with Crippen LogP contribution in [0, 0.1) is 5.82 Å². The number of pyridine rings is 1. The Morgan fingerprint density at radius 3 is 2.46 bits per heavy atom. The SMILES string of the molecule is CC(C)(C)NC(=O)c1nc(C(=O)NCCc2ccc(F)cc2)c2ccccn12. The van der Waals surface area contributed by atoms with Gasteiger partial charge in [-0.2, -0.15) is 0 Å². The lowest BCUT2D eigenvalue weighted by molar-refractivity contribution is 0.0908. The fourth-order valence-corrected chi connectivity index (χ4v) is 2.82. The molecule has 0 atom stereocenters. The van der Waals surface area contributed by atoms with Gasteiger partial charge in [0, 0.05) is 18.3 Å². The number of hydrogen-bond donors (Lipinski definition) is 2. The number of nitrogens with one attached hydrogen (secondary N) is 2. The molecular formula is C21H23FN4O2. The van der Waals surface area contributed by atoms with E-state index in [9.17, 15) is 14.0 Å². The smallest absolute Gasteiger partial charge is 0.288 e. The maximum atomic E-state index is 13.0. The molecule has 2 N–H and O–H groups in total. The Hall–Kier alpha value is -3.22. The van der Waals surface area contributed by atoms with Gasteiger partial charge in [-0.25, -0.2) is 9.37 Å². The van der Waals surface area contributed by atoms with E-state index in [1.165, 1.54) is 12.1 Å². The zero-order valence-corrected chi connectivity index (χ0v) is 16.1. The van der Waals surface area contributed by atoms with Crippen molar-refractivity contribution in [2.24, 2.45) is 0 Å². The standard InChI is InChI=1S/C21H23FN4O2/c1-21(2,3)25-20(28)18-24-17(16-6-4-5-13-26(16)18)19(27)23-12-11-14-7-9-15(22)10-8-14/h4-10,13H,11-12H2,1-3H3,(H,23,27)(H,25,28). The van der Waals surface area contributed by atoms with Gasteiger partial charge in [0.25, 0.3) is 11.8 Å². The highest BCUT2D eigenvalue weighted by molar-refractivity contribution is 6.02. The molecule has 3 aromatic rings. The van der Waals surface area contributed by atoms with Crippen molar-refractivity contribution in [3.8, 4) is 0 Å². The minimum absolute atomic E-state index is 0.161. The molecule has 0 bridgehead atoms. The van der Waals surface area contributed by atoms with E-state index in [-0.39, 0.29) is 29.1 Å². The van der Waals surface area contributed by atoms with Crippen LogP contribution in [-0.2, 0) is 6.42 Å². The summed E-state index contributed by atoms with van der Waals surface area (Å²) >= 11 is 0. The maximum absolute atomic E-state index is 13.0. The number of aromatic nitrogens is 2. The molecule has 3 rings (SSSR count). The van der Waals surface area contributed by atoms with Gasteiger partial charge in [-0.3, -0.25) is 14.0 Å². The van der Waals surface area contributed by atoms with Crippen LogP contribution >= 0.6 is 0 Å². The highest BCUT2D eigenvalue weighted by Crippen LogP contribution is 2.14. The van der Waals surface area contributed by atoms with E-state index in [1.807, 2.05) is 20.8 Å². The van der Waals surface area contributed by atoms with Crippen molar-refractivity contribution >= 4 is 17.3 Å². The minimum atomic E-state index is -0.421. The first-order valence-corrected chi connectivity index (χ1v) is 9.07. The van der Waals surface area contributed by atoms with Gasteiger partial charge in [0.05, 0.1) is 5.52 Å². The molecule has 0 radical (unpaired) electrons. The number of imidazole rings is 1. The predicted molar refractivity (Wildman–Crippen MR) is 105 cm³/mol. The van der Waals surface area contributed by atoms with E-state index in [2.05, 4.69) is 15.6 Å². The Bertz CT molecular complexity index is 1000. The van der Waals surface area contributed by atoms with Gasteiger partial charge in [0.2, 0.25) is 5.82 Å². The second kappa shape index (κ2) is 7.80. The third kappa shape index (κ3) is 4.54. The number of fused-ring (bicyclic) bond motifs is 1. The van der Waals surface area contributed by atoms with Gasteiger partial charge in [-0.1, -0.05) is 18.2 Å². The van der Waals surface area contributed by atoms with Crippen LogP contribution in [0.25, 0.3) is 5.52 Å². The van der Waals surface area contributed by atoms with E-state index in [0.29, 0.717) is 18.5 Å². The van der Waals surface area contributed by atoms with E-state index in [0.717, 1.165) is 5.56 Å². The molecule has 0 aliphatic carbocycles. The molecule has 0 unspecified atom stereocenters. The average molecular weight is 382 g/mol. The van der Waals surface area contributed by atoms with Gasteiger partial charge in [0.1, 0.15) is 5.82 Å². The lowest BCUT2D eigenvalue weighted by atomic mass is 10.1. The summed E-state index contributed by atoms with van der Waals surface area (Å²) in [5.41, 5.74) is 1.25. The second-order valence-electron chi connectivity index (χ2n) is 7.58. The molecule has 0 spiro atoms. The fraction of sp³-hybridized carbons (Fsp3) is 0.286. The highest BCUT2D eigenvalue weighted by Gasteiger charge is 2.23. The first-order chi connectivity index (χ1) is 13.2. The molecule has 146 valence electrons.